The van der Waals surface area contributed by atoms with Crippen LogP contribution in [0.1, 0.15) is 51.0 Å². The number of carbonyl (C=O) groups excluding carboxylic acids is 1. The molecule has 3 nitrogen and oxygen atoms in total. The Kier molecular flexibility index (Phi) is 6.79. The van der Waals surface area contributed by atoms with Gasteiger partial charge in [0.05, 0.1) is 13.2 Å². The van der Waals surface area contributed by atoms with Crippen LogP contribution in [0.2, 0.25) is 0 Å². The lowest BCUT2D eigenvalue weighted by Crippen LogP contribution is -2.21. The molecule has 0 bridgehead atoms. The van der Waals surface area contributed by atoms with Gasteiger partial charge < -0.3 is 4.74 Å². The molecule has 0 spiro atoms. The van der Waals surface area contributed by atoms with Gasteiger partial charge >= 0.3 is 0 Å². The second-order valence-electron chi connectivity index (χ2n) is 4.99. The molecule has 0 saturated heterocycles. The standard InChI is InChI=1S/C17H23NO2/c1-4-6-8-13(5-2)17(19)16(12-18)14-9-7-10-15(11-14)20-3/h7,9-11,13,16H,4-6,8H2,1-3H3. The first-order valence-electron chi connectivity index (χ1n) is 7.25. The molecule has 0 N–H and O–H groups in total. The summed E-state index contributed by atoms with van der Waals surface area (Å²) in [5.41, 5.74) is 0.729. The van der Waals surface area contributed by atoms with E-state index in [1.807, 2.05) is 25.1 Å². The SMILES string of the molecule is CCCCC(CC)C(=O)C(C#N)c1cccc(OC)c1. The second-order valence-corrected chi connectivity index (χ2v) is 4.99. The van der Waals surface area contributed by atoms with Crippen molar-refractivity contribution < 1.29 is 9.53 Å². The number of ether oxygens (including phenoxy) is 1. The molecule has 0 aliphatic rings. The fourth-order valence-corrected chi connectivity index (χ4v) is 2.36. The van der Waals surface area contributed by atoms with E-state index >= 15 is 0 Å². The van der Waals surface area contributed by atoms with Crippen LogP contribution in [0, 0.1) is 17.2 Å². The van der Waals surface area contributed by atoms with Crippen molar-refractivity contribution in [1.82, 2.24) is 0 Å². The number of ketones is 1. The Bertz CT molecular complexity index is 476. The number of unbranched alkanes of at least 4 members (excludes halogenated alkanes) is 1. The van der Waals surface area contributed by atoms with E-state index in [1.54, 1.807) is 13.2 Å². The molecule has 0 heterocycles. The number of nitriles is 1. The molecule has 2 atom stereocenters. The van der Waals surface area contributed by atoms with Gasteiger partial charge in [0.25, 0.3) is 0 Å². The third kappa shape index (κ3) is 4.09. The van der Waals surface area contributed by atoms with Gasteiger partial charge in [0.15, 0.2) is 5.78 Å². The topological polar surface area (TPSA) is 50.1 Å². The predicted octanol–water partition coefficient (Wildman–Crippen LogP) is 4.09. The molecule has 0 saturated carbocycles. The van der Waals surface area contributed by atoms with Crippen LogP contribution in [0.25, 0.3) is 0 Å². The largest absolute Gasteiger partial charge is 0.497 e. The van der Waals surface area contributed by atoms with E-state index in [0.717, 1.165) is 31.2 Å². The highest BCUT2D eigenvalue weighted by Crippen LogP contribution is 2.27. The minimum absolute atomic E-state index is 0.0224. The Morgan fingerprint density at radius 3 is 2.70 bits per heavy atom. The molecule has 1 aromatic carbocycles. The average Bonchev–Trinajstić information content (AvgIpc) is 2.49. The van der Waals surface area contributed by atoms with Crippen molar-refractivity contribution in [2.45, 2.75) is 45.4 Å². The van der Waals surface area contributed by atoms with Gasteiger partial charge in [0, 0.05) is 5.92 Å². The molecule has 20 heavy (non-hydrogen) atoms. The molecule has 1 aromatic rings. The average molecular weight is 273 g/mol. The first-order valence-corrected chi connectivity index (χ1v) is 7.25. The van der Waals surface area contributed by atoms with Gasteiger partial charge in [0.2, 0.25) is 0 Å². The zero-order valence-corrected chi connectivity index (χ0v) is 12.6. The molecule has 108 valence electrons. The van der Waals surface area contributed by atoms with E-state index < -0.39 is 5.92 Å². The molecule has 0 aliphatic carbocycles. The van der Waals surface area contributed by atoms with Crippen LogP contribution in [0.3, 0.4) is 0 Å². The number of methoxy groups -OCH3 is 1. The fraction of sp³-hybridized carbons (Fsp3) is 0.529. The van der Waals surface area contributed by atoms with Crippen LogP contribution in [0.4, 0.5) is 0 Å². The molecular weight excluding hydrogens is 250 g/mol. The first kappa shape index (κ1) is 16.2. The summed E-state index contributed by atoms with van der Waals surface area (Å²) in [5.74, 6) is 0.00608. The lowest BCUT2D eigenvalue weighted by molar-refractivity contribution is -0.123. The number of carbonyl (C=O) groups is 1. The summed E-state index contributed by atoms with van der Waals surface area (Å²) in [4.78, 5) is 12.5. The molecule has 3 heteroatoms. The van der Waals surface area contributed by atoms with Gasteiger partial charge in [-0.2, -0.15) is 5.26 Å². The van der Waals surface area contributed by atoms with Crippen molar-refractivity contribution >= 4 is 5.78 Å². The zero-order chi connectivity index (χ0) is 15.0. The Morgan fingerprint density at radius 2 is 2.15 bits per heavy atom. The van der Waals surface area contributed by atoms with Crippen molar-refractivity contribution in [3.63, 3.8) is 0 Å². The third-order valence-electron chi connectivity index (χ3n) is 3.64. The van der Waals surface area contributed by atoms with Crippen LogP contribution in [-0.4, -0.2) is 12.9 Å². The predicted molar refractivity (Wildman–Crippen MR) is 79.7 cm³/mol. The van der Waals surface area contributed by atoms with Crippen molar-refractivity contribution in [3.8, 4) is 11.8 Å². The van der Waals surface area contributed by atoms with Crippen LogP contribution < -0.4 is 4.74 Å². The van der Waals surface area contributed by atoms with E-state index in [4.69, 9.17) is 4.74 Å². The van der Waals surface area contributed by atoms with Gasteiger partial charge in [-0.3, -0.25) is 4.79 Å². The van der Waals surface area contributed by atoms with Gasteiger partial charge in [-0.15, -0.1) is 0 Å². The molecular formula is C17H23NO2. The van der Waals surface area contributed by atoms with Gasteiger partial charge in [-0.25, -0.2) is 0 Å². The monoisotopic (exact) mass is 273 g/mol. The quantitative estimate of drug-likeness (QED) is 0.716. The number of rotatable bonds is 8. The minimum Gasteiger partial charge on any atom is -0.497 e. The lowest BCUT2D eigenvalue weighted by atomic mass is 9.84. The van der Waals surface area contributed by atoms with Crippen molar-refractivity contribution in [2.75, 3.05) is 7.11 Å². The summed E-state index contributed by atoms with van der Waals surface area (Å²) in [6.45, 7) is 4.12. The van der Waals surface area contributed by atoms with E-state index in [1.165, 1.54) is 0 Å². The first-order chi connectivity index (χ1) is 9.67. The maximum Gasteiger partial charge on any atom is 0.157 e. The Labute approximate surface area is 121 Å². The summed E-state index contributed by atoms with van der Waals surface area (Å²) in [5, 5.41) is 9.37. The number of Topliss-reactive ketones (excluding diaryl/α,β-unsaturated/α-hetero) is 1. The van der Waals surface area contributed by atoms with Gasteiger partial charge in [-0.1, -0.05) is 38.8 Å². The Hall–Kier alpha value is -1.82. The summed E-state index contributed by atoms with van der Waals surface area (Å²) in [7, 11) is 1.58. The highest BCUT2D eigenvalue weighted by Gasteiger charge is 2.26. The van der Waals surface area contributed by atoms with E-state index in [0.29, 0.717) is 5.75 Å². The van der Waals surface area contributed by atoms with Crippen LogP contribution in [0.15, 0.2) is 24.3 Å². The van der Waals surface area contributed by atoms with Crippen molar-refractivity contribution in [3.05, 3.63) is 29.8 Å². The molecule has 1 rings (SSSR count). The number of hydrogen-bond donors (Lipinski definition) is 0. The van der Waals surface area contributed by atoms with Crippen LogP contribution in [0.5, 0.6) is 5.75 Å². The van der Waals surface area contributed by atoms with E-state index in [2.05, 4.69) is 13.0 Å². The Morgan fingerprint density at radius 1 is 1.40 bits per heavy atom. The van der Waals surface area contributed by atoms with E-state index in [-0.39, 0.29) is 11.7 Å². The summed E-state index contributed by atoms with van der Waals surface area (Å²) in [6.07, 6.45) is 3.76. The summed E-state index contributed by atoms with van der Waals surface area (Å²) in [6, 6.07) is 9.39. The molecule has 0 aromatic heterocycles. The smallest absolute Gasteiger partial charge is 0.157 e. The highest BCUT2D eigenvalue weighted by atomic mass is 16.5. The van der Waals surface area contributed by atoms with Crippen LogP contribution in [-0.2, 0) is 4.79 Å². The summed E-state index contributed by atoms with van der Waals surface area (Å²) < 4.78 is 5.16. The second kappa shape index (κ2) is 8.37. The third-order valence-corrected chi connectivity index (χ3v) is 3.64. The normalized spacial score (nSPS) is 13.3. The van der Waals surface area contributed by atoms with Gasteiger partial charge in [-0.05, 0) is 30.5 Å². The fourth-order valence-electron chi connectivity index (χ4n) is 2.36. The van der Waals surface area contributed by atoms with Crippen molar-refractivity contribution in [1.29, 1.82) is 5.26 Å². The molecule has 0 amide bonds. The molecule has 0 aliphatic heterocycles. The van der Waals surface area contributed by atoms with Crippen LogP contribution >= 0.6 is 0 Å². The highest BCUT2D eigenvalue weighted by molar-refractivity contribution is 5.90. The zero-order valence-electron chi connectivity index (χ0n) is 12.6. The Balaban J connectivity index is 2.93. The summed E-state index contributed by atoms with van der Waals surface area (Å²) >= 11 is 0. The number of nitrogens with zero attached hydrogens (tertiary/aromatic N) is 1. The van der Waals surface area contributed by atoms with Crippen molar-refractivity contribution in [2.24, 2.45) is 5.92 Å². The molecule has 0 fully saturated rings. The lowest BCUT2D eigenvalue weighted by Gasteiger charge is -2.17. The number of benzene rings is 1. The maximum absolute atomic E-state index is 12.5. The molecule has 2 unspecified atom stereocenters. The van der Waals surface area contributed by atoms with Gasteiger partial charge in [0.1, 0.15) is 11.7 Å². The maximum atomic E-state index is 12.5. The molecule has 0 radical (unpaired) electrons. The minimum atomic E-state index is -0.688. The van der Waals surface area contributed by atoms with E-state index in [9.17, 15) is 10.1 Å². The number of hydrogen-bond acceptors (Lipinski definition) is 3.